The fourth-order valence-electron chi connectivity index (χ4n) is 1.65. The maximum Gasteiger partial charge on any atom is 0.251 e. The molecule has 1 aromatic heterocycles. The van der Waals surface area contributed by atoms with Crippen LogP contribution >= 0.6 is 11.6 Å². The molecule has 0 aliphatic rings. The highest BCUT2D eigenvalue weighted by atomic mass is 35.5. The molecule has 2 aromatic rings. The van der Waals surface area contributed by atoms with Crippen LogP contribution in [0.1, 0.15) is 11.1 Å². The number of hydrogen-bond donors (Lipinski definition) is 1. The molecule has 2 nitrogen and oxygen atoms in total. The third kappa shape index (κ3) is 2.05. The summed E-state index contributed by atoms with van der Waals surface area (Å²) in [5, 5.41) is 1.06. The zero-order valence-corrected chi connectivity index (χ0v) is 9.27. The maximum absolute atomic E-state index is 11.6. The molecule has 0 spiro atoms. The second-order valence-electron chi connectivity index (χ2n) is 3.65. The third-order valence-electron chi connectivity index (χ3n) is 2.44. The molecular formula is C12H12ClNO. The summed E-state index contributed by atoms with van der Waals surface area (Å²) in [6, 6.07) is 7.93. The molecule has 15 heavy (non-hydrogen) atoms. The van der Waals surface area contributed by atoms with E-state index in [2.05, 4.69) is 4.98 Å². The number of benzene rings is 1. The second-order valence-corrected chi connectivity index (χ2v) is 4.03. The molecule has 0 radical (unpaired) electrons. The Morgan fingerprint density at radius 3 is 2.87 bits per heavy atom. The molecule has 1 N–H and O–H groups in total. The molecule has 0 unspecified atom stereocenters. The Morgan fingerprint density at radius 2 is 2.13 bits per heavy atom. The van der Waals surface area contributed by atoms with Crippen LogP contribution in [0, 0.1) is 6.92 Å². The van der Waals surface area contributed by atoms with E-state index in [9.17, 15) is 4.79 Å². The van der Waals surface area contributed by atoms with Crippen molar-refractivity contribution in [1.82, 2.24) is 4.98 Å². The minimum atomic E-state index is -0.0336. The van der Waals surface area contributed by atoms with Crippen LogP contribution in [0.15, 0.2) is 29.1 Å². The first-order valence-corrected chi connectivity index (χ1v) is 5.42. The van der Waals surface area contributed by atoms with Crippen molar-refractivity contribution in [3.8, 4) is 0 Å². The van der Waals surface area contributed by atoms with Crippen molar-refractivity contribution in [2.24, 2.45) is 0 Å². The first-order chi connectivity index (χ1) is 7.20. The molecular weight excluding hydrogens is 210 g/mol. The van der Waals surface area contributed by atoms with E-state index in [-0.39, 0.29) is 5.56 Å². The van der Waals surface area contributed by atoms with Crippen LogP contribution in [0.5, 0.6) is 0 Å². The number of aromatic nitrogens is 1. The van der Waals surface area contributed by atoms with Gasteiger partial charge in [0.05, 0.1) is 0 Å². The summed E-state index contributed by atoms with van der Waals surface area (Å²) in [7, 11) is 0. The average Bonchev–Trinajstić information content (AvgIpc) is 2.20. The highest BCUT2D eigenvalue weighted by Crippen LogP contribution is 2.13. The van der Waals surface area contributed by atoms with Gasteiger partial charge in [-0.05, 0) is 36.4 Å². The predicted octanol–water partition coefficient (Wildman–Crippen LogP) is 2.62. The Hall–Kier alpha value is -1.28. The van der Waals surface area contributed by atoms with Crippen molar-refractivity contribution < 1.29 is 0 Å². The summed E-state index contributed by atoms with van der Waals surface area (Å²) in [5.74, 6) is 0.473. The standard InChI is InChI=1S/C12H12ClNO/c1-8-2-3-9-7-10(4-5-13)12(15)14-11(9)6-8/h2-3,6-7H,4-5H2,1H3,(H,14,15). The number of hydrogen-bond acceptors (Lipinski definition) is 1. The Balaban J connectivity index is 2.65. The summed E-state index contributed by atoms with van der Waals surface area (Å²) in [5.41, 5.74) is 2.75. The molecule has 0 saturated heterocycles. The van der Waals surface area contributed by atoms with Gasteiger partial charge in [0, 0.05) is 17.0 Å². The third-order valence-corrected chi connectivity index (χ3v) is 2.63. The van der Waals surface area contributed by atoms with E-state index < -0.39 is 0 Å². The van der Waals surface area contributed by atoms with Gasteiger partial charge < -0.3 is 4.98 Å². The molecule has 1 aromatic carbocycles. The Morgan fingerprint density at radius 1 is 1.33 bits per heavy atom. The summed E-state index contributed by atoms with van der Waals surface area (Å²) in [6.07, 6.45) is 0.612. The van der Waals surface area contributed by atoms with Gasteiger partial charge in [-0.3, -0.25) is 4.79 Å². The number of pyridine rings is 1. The van der Waals surface area contributed by atoms with E-state index in [1.54, 1.807) is 0 Å². The summed E-state index contributed by atoms with van der Waals surface area (Å²) in [4.78, 5) is 14.5. The molecule has 1 heterocycles. The normalized spacial score (nSPS) is 10.8. The second kappa shape index (κ2) is 4.07. The molecule has 0 saturated carbocycles. The zero-order chi connectivity index (χ0) is 10.8. The predicted molar refractivity (Wildman–Crippen MR) is 63.7 cm³/mol. The van der Waals surface area contributed by atoms with Gasteiger partial charge in [-0.25, -0.2) is 0 Å². The smallest absolute Gasteiger partial charge is 0.251 e. The summed E-state index contributed by atoms with van der Waals surface area (Å²) < 4.78 is 0. The molecule has 0 aliphatic carbocycles. The number of rotatable bonds is 2. The largest absolute Gasteiger partial charge is 0.322 e. The molecule has 0 atom stereocenters. The number of fused-ring (bicyclic) bond motifs is 1. The van der Waals surface area contributed by atoms with E-state index in [4.69, 9.17) is 11.6 Å². The highest BCUT2D eigenvalue weighted by molar-refractivity contribution is 6.18. The van der Waals surface area contributed by atoms with Crippen LogP contribution in [-0.4, -0.2) is 10.9 Å². The monoisotopic (exact) mass is 221 g/mol. The number of nitrogens with one attached hydrogen (secondary N) is 1. The van der Waals surface area contributed by atoms with Crippen molar-refractivity contribution in [3.05, 3.63) is 45.7 Å². The average molecular weight is 222 g/mol. The molecule has 0 bridgehead atoms. The van der Waals surface area contributed by atoms with E-state index in [1.807, 2.05) is 31.2 Å². The fraction of sp³-hybridized carbons (Fsp3) is 0.250. The van der Waals surface area contributed by atoms with Crippen molar-refractivity contribution in [1.29, 1.82) is 0 Å². The number of aryl methyl sites for hydroxylation is 2. The van der Waals surface area contributed by atoms with Gasteiger partial charge in [0.15, 0.2) is 0 Å². The van der Waals surface area contributed by atoms with Gasteiger partial charge in [-0.2, -0.15) is 0 Å². The van der Waals surface area contributed by atoms with Crippen molar-refractivity contribution in [2.45, 2.75) is 13.3 Å². The van der Waals surface area contributed by atoms with Crippen LogP contribution in [-0.2, 0) is 6.42 Å². The lowest BCUT2D eigenvalue weighted by molar-refractivity contribution is 1.09. The van der Waals surface area contributed by atoms with E-state index in [1.165, 1.54) is 0 Å². The van der Waals surface area contributed by atoms with Gasteiger partial charge in [0.1, 0.15) is 0 Å². The maximum atomic E-state index is 11.6. The number of aromatic amines is 1. The van der Waals surface area contributed by atoms with E-state index in [0.717, 1.165) is 22.0 Å². The van der Waals surface area contributed by atoms with Crippen LogP contribution in [0.4, 0.5) is 0 Å². The van der Waals surface area contributed by atoms with Crippen molar-refractivity contribution in [2.75, 3.05) is 5.88 Å². The molecule has 3 heteroatoms. The van der Waals surface area contributed by atoms with Crippen molar-refractivity contribution in [3.63, 3.8) is 0 Å². The number of alkyl halides is 1. The Labute approximate surface area is 92.9 Å². The SMILES string of the molecule is Cc1ccc2cc(CCCl)c(=O)[nH]c2c1. The lowest BCUT2D eigenvalue weighted by Gasteiger charge is -2.02. The molecule has 0 aliphatic heterocycles. The molecule has 78 valence electrons. The lowest BCUT2D eigenvalue weighted by atomic mass is 10.1. The van der Waals surface area contributed by atoms with Crippen molar-refractivity contribution >= 4 is 22.5 Å². The lowest BCUT2D eigenvalue weighted by Crippen LogP contribution is -2.12. The topological polar surface area (TPSA) is 32.9 Å². The summed E-state index contributed by atoms with van der Waals surface area (Å²) >= 11 is 5.63. The number of halogens is 1. The van der Waals surface area contributed by atoms with E-state index in [0.29, 0.717) is 12.3 Å². The first kappa shape index (κ1) is 10.2. The van der Waals surface area contributed by atoms with Crippen LogP contribution in [0.3, 0.4) is 0 Å². The molecule has 2 rings (SSSR count). The highest BCUT2D eigenvalue weighted by Gasteiger charge is 2.02. The molecule has 0 fully saturated rings. The van der Waals surface area contributed by atoms with Gasteiger partial charge in [0.2, 0.25) is 0 Å². The first-order valence-electron chi connectivity index (χ1n) is 4.89. The van der Waals surface area contributed by atoms with Gasteiger partial charge >= 0.3 is 0 Å². The van der Waals surface area contributed by atoms with E-state index >= 15 is 0 Å². The molecule has 0 amide bonds. The number of H-pyrrole nitrogens is 1. The van der Waals surface area contributed by atoms with Gasteiger partial charge in [-0.1, -0.05) is 12.1 Å². The van der Waals surface area contributed by atoms with Gasteiger partial charge in [0.25, 0.3) is 5.56 Å². The van der Waals surface area contributed by atoms with Crippen LogP contribution in [0.2, 0.25) is 0 Å². The summed E-state index contributed by atoms with van der Waals surface area (Å²) in [6.45, 7) is 2.00. The van der Waals surface area contributed by atoms with Crippen LogP contribution < -0.4 is 5.56 Å². The Bertz CT molecular complexity index is 545. The quantitative estimate of drug-likeness (QED) is 0.777. The minimum absolute atomic E-state index is 0.0336. The van der Waals surface area contributed by atoms with Gasteiger partial charge in [-0.15, -0.1) is 11.6 Å². The fourth-order valence-corrected chi connectivity index (χ4v) is 1.85. The van der Waals surface area contributed by atoms with Crippen LogP contribution in [0.25, 0.3) is 10.9 Å². The zero-order valence-electron chi connectivity index (χ0n) is 8.51. The Kier molecular flexibility index (Phi) is 2.78. The minimum Gasteiger partial charge on any atom is -0.322 e.